The van der Waals surface area contributed by atoms with Crippen molar-refractivity contribution in [3.05, 3.63) is 54.0 Å². The number of halogens is 1. The molecule has 0 aromatic carbocycles. The van der Waals surface area contributed by atoms with E-state index in [1.165, 1.54) is 5.56 Å². The predicted molar refractivity (Wildman–Crippen MR) is 77.8 cm³/mol. The van der Waals surface area contributed by atoms with Crippen LogP contribution in [0.4, 0.5) is 5.82 Å². The van der Waals surface area contributed by atoms with Crippen LogP contribution >= 0.6 is 15.9 Å². The summed E-state index contributed by atoms with van der Waals surface area (Å²) in [5.41, 5.74) is 2.26. The van der Waals surface area contributed by atoms with Crippen LogP contribution in [0.15, 0.2) is 42.7 Å². The van der Waals surface area contributed by atoms with E-state index in [2.05, 4.69) is 43.8 Å². The third kappa shape index (κ3) is 3.07. The quantitative estimate of drug-likeness (QED) is 0.793. The highest BCUT2D eigenvalue weighted by molar-refractivity contribution is 9.08. The maximum atomic E-state index is 4.49. The first-order valence-electron chi connectivity index (χ1n) is 6.00. The summed E-state index contributed by atoms with van der Waals surface area (Å²) >= 11 is 3.51. The van der Waals surface area contributed by atoms with Gasteiger partial charge in [-0.25, -0.2) is 4.98 Å². The molecule has 2 rings (SSSR count). The number of rotatable bonds is 5. The molecule has 2 aromatic heterocycles. The van der Waals surface area contributed by atoms with E-state index < -0.39 is 0 Å². The van der Waals surface area contributed by atoms with E-state index in [0.29, 0.717) is 0 Å². The van der Waals surface area contributed by atoms with Crippen LogP contribution in [-0.2, 0) is 11.9 Å². The first-order valence-corrected chi connectivity index (χ1v) is 7.12. The Morgan fingerprint density at radius 2 is 1.94 bits per heavy atom. The molecule has 0 unspecified atom stereocenters. The summed E-state index contributed by atoms with van der Waals surface area (Å²) in [6.45, 7) is 3.83. The van der Waals surface area contributed by atoms with Crippen molar-refractivity contribution in [1.29, 1.82) is 0 Å². The Hall–Kier alpha value is -1.42. The van der Waals surface area contributed by atoms with Gasteiger partial charge in [0, 0.05) is 29.8 Å². The van der Waals surface area contributed by atoms with Gasteiger partial charge >= 0.3 is 0 Å². The fraction of sp³-hybridized carbons (Fsp3) is 0.286. The van der Waals surface area contributed by atoms with Crippen LogP contribution in [0.3, 0.4) is 0 Å². The number of alkyl halides is 1. The lowest BCUT2D eigenvalue weighted by molar-refractivity contribution is 0.789. The molecule has 0 aliphatic rings. The van der Waals surface area contributed by atoms with Gasteiger partial charge in [0.05, 0.1) is 12.2 Å². The molecule has 0 spiro atoms. The minimum atomic E-state index is 0.786. The van der Waals surface area contributed by atoms with Crippen molar-refractivity contribution < 1.29 is 0 Å². The highest BCUT2D eigenvalue weighted by Gasteiger charge is 2.11. The zero-order valence-electron chi connectivity index (χ0n) is 10.4. The number of pyridine rings is 2. The topological polar surface area (TPSA) is 29.0 Å². The molecule has 0 saturated carbocycles. The van der Waals surface area contributed by atoms with E-state index in [4.69, 9.17) is 0 Å². The summed E-state index contributed by atoms with van der Waals surface area (Å²) in [7, 11) is 0. The second-order valence-corrected chi connectivity index (χ2v) is 4.52. The van der Waals surface area contributed by atoms with Crippen molar-refractivity contribution in [2.45, 2.75) is 18.8 Å². The Morgan fingerprint density at radius 1 is 1.11 bits per heavy atom. The van der Waals surface area contributed by atoms with E-state index in [-0.39, 0.29) is 0 Å². The van der Waals surface area contributed by atoms with Crippen LogP contribution in [-0.4, -0.2) is 16.5 Å². The van der Waals surface area contributed by atoms with Gasteiger partial charge in [0.1, 0.15) is 5.82 Å². The van der Waals surface area contributed by atoms with Crippen molar-refractivity contribution in [3.8, 4) is 0 Å². The highest BCUT2D eigenvalue weighted by Crippen LogP contribution is 2.20. The monoisotopic (exact) mass is 305 g/mol. The lowest BCUT2D eigenvalue weighted by Crippen LogP contribution is -2.24. The number of nitrogens with zero attached hydrogens (tertiary/aromatic N) is 3. The molecule has 0 amide bonds. The second-order valence-electron chi connectivity index (χ2n) is 3.96. The molecule has 0 atom stereocenters. The van der Waals surface area contributed by atoms with Crippen LogP contribution in [0.1, 0.15) is 18.2 Å². The molecule has 18 heavy (non-hydrogen) atoms. The van der Waals surface area contributed by atoms with E-state index in [1.54, 1.807) is 0 Å². The molecule has 2 aromatic rings. The van der Waals surface area contributed by atoms with E-state index >= 15 is 0 Å². The number of anilines is 1. The van der Waals surface area contributed by atoms with Crippen molar-refractivity contribution in [1.82, 2.24) is 9.97 Å². The van der Waals surface area contributed by atoms with E-state index in [0.717, 1.165) is 29.9 Å². The fourth-order valence-corrected chi connectivity index (χ4v) is 2.28. The van der Waals surface area contributed by atoms with E-state index in [9.17, 15) is 0 Å². The molecule has 94 valence electrons. The number of hydrogen-bond donors (Lipinski definition) is 0. The molecule has 0 radical (unpaired) electrons. The first-order chi connectivity index (χ1) is 8.85. The summed E-state index contributed by atoms with van der Waals surface area (Å²) < 4.78 is 0. The van der Waals surface area contributed by atoms with Crippen molar-refractivity contribution >= 4 is 21.7 Å². The van der Waals surface area contributed by atoms with Gasteiger partial charge in [-0.3, -0.25) is 4.98 Å². The van der Waals surface area contributed by atoms with Gasteiger partial charge < -0.3 is 4.90 Å². The van der Waals surface area contributed by atoms with Gasteiger partial charge in [-0.1, -0.05) is 28.1 Å². The lowest BCUT2D eigenvalue weighted by atomic mass is 10.2. The lowest BCUT2D eigenvalue weighted by Gasteiger charge is -2.23. The summed E-state index contributed by atoms with van der Waals surface area (Å²) in [6.07, 6.45) is 3.66. The van der Waals surface area contributed by atoms with Gasteiger partial charge in [-0.2, -0.15) is 0 Å². The van der Waals surface area contributed by atoms with Crippen LogP contribution in [0.2, 0.25) is 0 Å². The average Bonchev–Trinajstić information content (AvgIpc) is 2.46. The molecular formula is C14H16BrN3. The van der Waals surface area contributed by atoms with Crippen molar-refractivity contribution in [2.75, 3.05) is 11.4 Å². The van der Waals surface area contributed by atoms with Crippen molar-refractivity contribution in [3.63, 3.8) is 0 Å². The molecule has 0 aliphatic heterocycles. The standard InChI is InChI=1S/C14H16BrN3/c1-2-18(11-13-7-3-4-8-16-13)14-12(10-15)6-5-9-17-14/h3-9H,2,10-11H2,1H3. The molecule has 3 nitrogen and oxygen atoms in total. The molecule has 0 fully saturated rings. The zero-order chi connectivity index (χ0) is 12.8. The zero-order valence-corrected chi connectivity index (χ0v) is 12.0. The van der Waals surface area contributed by atoms with Crippen molar-refractivity contribution in [2.24, 2.45) is 0 Å². The largest absolute Gasteiger partial charge is 0.351 e. The fourth-order valence-electron chi connectivity index (χ4n) is 1.84. The van der Waals surface area contributed by atoms with Crippen LogP contribution in [0.5, 0.6) is 0 Å². The van der Waals surface area contributed by atoms with Gasteiger partial charge in [-0.15, -0.1) is 0 Å². The van der Waals surface area contributed by atoms with Gasteiger partial charge in [0.15, 0.2) is 0 Å². The Labute approximate surface area is 116 Å². The van der Waals surface area contributed by atoms with Gasteiger partial charge in [-0.05, 0) is 25.1 Å². The molecule has 2 heterocycles. The number of hydrogen-bond acceptors (Lipinski definition) is 3. The maximum absolute atomic E-state index is 4.49. The Bertz CT molecular complexity index is 487. The summed E-state index contributed by atoms with van der Waals surface area (Å²) in [6, 6.07) is 10.1. The number of aromatic nitrogens is 2. The smallest absolute Gasteiger partial charge is 0.132 e. The minimum absolute atomic E-state index is 0.786. The first kappa shape index (κ1) is 13.0. The van der Waals surface area contributed by atoms with E-state index in [1.807, 2.05) is 36.7 Å². The average molecular weight is 306 g/mol. The Balaban J connectivity index is 2.23. The summed E-state index contributed by atoms with van der Waals surface area (Å²) in [5, 5.41) is 0.814. The minimum Gasteiger partial charge on any atom is -0.351 e. The molecule has 0 bridgehead atoms. The molecular weight excluding hydrogens is 290 g/mol. The van der Waals surface area contributed by atoms with Crippen LogP contribution in [0, 0.1) is 0 Å². The molecule has 0 saturated heterocycles. The molecule has 0 aliphatic carbocycles. The second kappa shape index (κ2) is 6.50. The normalized spacial score (nSPS) is 10.3. The highest BCUT2D eigenvalue weighted by atomic mass is 79.9. The summed E-state index contributed by atoms with van der Waals surface area (Å²) in [5.74, 6) is 1.03. The third-order valence-electron chi connectivity index (χ3n) is 2.77. The summed E-state index contributed by atoms with van der Waals surface area (Å²) in [4.78, 5) is 11.1. The van der Waals surface area contributed by atoms with Gasteiger partial charge in [0.25, 0.3) is 0 Å². The maximum Gasteiger partial charge on any atom is 0.132 e. The Morgan fingerprint density at radius 3 is 2.61 bits per heavy atom. The van der Waals surface area contributed by atoms with Crippen LogP contribution < -0.4 is 4.90 Å². The third-order valence-corrected chi connectivity index (χ3v) is 3.38. The van der Waals surface area contributed by atoms with Crippen LogP contribution in [0.25, 0.3) is 0 Å². The predicted octanol–water partition coefficient (Wildman–Crippen LogP) is 3.40. The molecule has 4 heteroatoms. The molecule has 0 N–H and O–H groups in total. The van der Waals surface area contributed by atoms with Gasteiger partial charge in [0.2, 0.25) is 0 Å². The Kier molecular flexibility index (Phi) is 4.70. The SMILES string of the molecule is CCN(Cc1ccccn1)c1ncccc1CBr.